The summed E-state index contributed by atoms with van der Waals surface area (Å²) in [5, 5.41) is 17.4. The molecule has 0 radical (unpaired) electrons. The molecule has 1 aromatic rings. The van der Waals surface area contributed by atoms with E-state index in [2.05, 4.69) is 37.3 Å². The first-order chi connectivity index (χ1) is 8.60. The van der Waals surface area contributed by atoms with Gasteiger partial charge in [-0.15, -0.1) is 0 Å². The Labute approximate surface area is 110 Å². The Morgan fingerprint density at radius 2 is 2.00 bits per heavy atom. The highest BCUT2D eigenvalue weighted by Crippen LogP contribution is 2.24. The second kappa shape index (κ2) is 6.90. The van der Waals surface area contributed by atoms with Gasteiger partial charge in [-0.1, -0.05) is 13.8 Å². The minimum atomic E-state index is 0.0200. The smallest absolute Gasteiger partial charge is 0.0597 e. The first-order valence-electron chi connectivity index (χ1n) is 6.95. The van der Waals surface area contributed by atoms with Gasteiger partial charge in [0.05, 0.1) is 11.4 Å². The molecular formula is C14H27N3O. The monoisotopic (exact) mass is 253 g/mol. The number of nitrogens with one attached hydrogen (secondary N) is 1. The van der Waals surface area contributed by atoms with E-state index in [9.17, 15) is 5.11 Å². The predicted molar refractivity (Wildman–Crippen MR) is 74.4 cm³/mol. The second-order valence-electron chi connectivity index (χ2n) is 5.06. The van der Waals surface area contributed by atoms with Gasteiger partial charge >= 0.3 is 0 Å². The van der Waals surface area contributed by atoms with E-state index in [1.807, 2.05) is 11.6 Å². The molecule has 0 aliphatic rings. The molecule has 0 aromatic carbocycles. The lowest BCUT2D eigenvalue weighted by Gasteiger charge is -2.29. The number of aryl methyl sites for hydroxylation is 2. The van der Waals surface area contributed by atoms with E-state index in [1.54, 1.807) is 0 Å². The number of aromatic nitrogens is 2. The third-order valence-corrected chi connectivity index (χ3v) is 3.93. The summed E-state index contributed by atoms with van der Waals surface area (Å²) in [5.74, 6) is 0. The zero-order chi connectivity index (χ0) is 13.6. The van der Waals surface area contributed by atoms with Gasteiger partial charge in [-0.3, -0.25) is 4.68 Å². The minimum Gasteiger partial charge on any atom is -0.396 e. The maximum atomic E-state index is 9.52. The molecule has 0 aliphatic carbocycles. The van der Waals surface area contributed by atoms with Crippen LogP contribution in [0.2, 0.25) is 0 Å². The van der Waals surface area contributed by atoms with Crippen molar-refractivity contribution in [3.8, 4) is 0 Å². The third kappa shape index (κ3) is 3.56. The van der Waals surface area contributed by atoms with E-state index < -0.39 is 0 Å². The van der Waals surface area contributed by atoms with Crippen LogP contribution in [-0.4, -0.2) is 28.0 Å². The molecule has 0 aliphatic heterocycles. The number of hydrogen-bond donors (Lipinski definition) is 2. The van der Waals surface area contributed by atoms with Crippen LogP contribution in [0.3, 0.4) is 0 Å². The number of hydrogen-bond acceptors (Lipinski definition) is 3. The van der Waals surface area contributed by atoms with Gasteiger partial charge in [0.2, 0.25) is 0 Å². The van der Waals surface area contributed by atoms with Gasteiger partial charge in [-0.2, -0.15) is 5.10 Å². The Morgan fingerprint density at radius 3 is 2.50 bits per heavy atom. The molecule has 1 aromatic heterocycles. The summed E-state index contributed by atoms with van der Waals surface area (Å²) in [6.45, 7) is 11.2. The van der Waals surface area contributed by atoms with Crippen LogP contribution in [0.25, 0.3) is 0 Å². The summed E-state index contributed by atoms with van der Waals surface area (Å²) in [5.41, 5.74) is 2.30. The van der Waals surface area contributed by atoms with Crippen molar-refractivity contribution < 1.29 is 5.11 Å². The molecule has 4 nitrogen and oxygen atoms in total. The SMILES string of the molecule is CCn1nc(C)cc1CNCC(CC)(CC)CO. The molecule has 0 unspecified atom stereocenters. The van der Waals surface area contributed by atoms with Crippen molar-refractivity contribution in [2.75, 3.05) is 13.2 Å². The van der Waals surface area contributed by atoms with E-state index >= 15 is 0 Å². The fourth-order valence-corrected chi connectivity index (χ4v) is 2.25. The maximum Gasteiger partial charge on any atom is 0.0597 e. The molecule has 0 fully saturated rings. The topological polar surface area (TPSA) is 50.1 Å². The highest BCUT2D eigenvalue weighted by atomic mass is 16.3. The summed E-state index contributed by atoms with van der Waals surface area (Å²) in [6, 6.07) is 2.12. The Balaban J connectivity index is 2.54. The first-order valence-corrected chi connectivity index (χ1v) is 6.95. The molecular weight excluding hydrogens is 226 g/mol. The van der Waals surface area contributed by atoms with Gasteiger partial charge in [0.1, 0.15) is 0 Å². The lowest BCUT2D eigenvalue weighted by atomic mass is 9.83. The number of aliphatic hydroxyl groups is 1. The Bertz CT molecular complexity index is 348. The second-order valence-corrected chi connectivity index (χ2v) is 5.06. The van der Waals surface area contributed by atoms with Crippen LogP contribution in [0.15, 0.2) is 6.07 Å². The molecule has 0 spiro atoms. The summed E-state index contributed by atoms with van der Waals surface area (Å²) >= 11 is 0. The van der Waals surface area contributed by atoms with Crippen molar-refractivity contribution in [1.29, 1.82) is 0 Å². The van der Waals surface area contributed by atoms with Crippen LogP contribution in [0.5, 0.6) is 0 Å². The zero-order valence-electron chi connectivity index (χ0n) is 12.2. The molecule has 4 heteroatoms. The molecule has 1 rings (SSSR count). The van der Waals surface area contributed by atoms with Crippen LogP contribution in [0.4, 0.5) is 0 Å². The van der Waals surface area contributed by atoms with Gasteiger partial charge in [-0.05, 0) is 32.8 Å². The van der Waals surface area contributed by atoms with Crippen molar-refractivity contribution in [1.82, 2.24) is 15.1 Å². The van der Waals surface area contributed by atoms with E-state index in [1.165, 1.54) is 5.69 Å². The number of aliphatic hydroxyl groups excluding tert-OH is 1. The van der Waals surface area contributed by atoms with Crippen LogP contribution >= 0.6 is 0 Å². The van der Waals surface area contributed by atoms with Gasteiger partial charge in [0.25, 0.3) is 0 Å². The quantitative estimate of drug-likeness (QED) is 0.746. The summed E-state index contributed by atoms with van der Waals surface area (Å²) in [7, 11) is 0. The molecule has 2 N–H and O–H groups in total. The molecule has 0 saturated carbocycles. The van der Waals surface area contributed by atoms with E-state index in [-0.39, 0.29) is 12.0 Å². The summed E-state index contributed by atoms with van der Waals surface area (Å²) in [4.78, 5) is 0. The molecule has 104 valence electrons. The van der Waals surface area contributed by atoms with Crippen LogP contribution in [0.1, 0.15) is 45.0 Å². The summed E-state index contributed by atoms with van der Waals surface area (Å²) < 4.78 is 2.03. The van der Waals surface area contributed by atoms with E-state index in [0.717, 1.165) is 38.2 Å². The van der Waals surface area contributed by atoms with Crippen molar-refractivity contribution in [2.45, 2.75) is 53.6 Å². The number of nitrogens with zero attached hydrogens (tertiary/aromatic N) is 2. The molecule has 1 heterocycles. The standard InChI is InChI=1S/C14H27N3O/c1-5-14(6-2,11-18)10-15-9-13-8-12(4)16-17(13)7-3/h8,15,18H,5-7,9-11H2,1-4H3. The zero-order valence-corrected chi connectivity index (χ0v) is 12.2. The van der Waals surface area contributed by atoms with Gasteiger partial charge in [-0.25, -0.2) is 0 Å². The first kappa shape index (κ1) is 15.2. The lowest BCUT2D eigenvalue weighted by Crippen LogP contribution is -2.36. The molecule has 18 heavy (non-hydrogen) atoms. The highest BCUT2D eigenvalue weighted by Gasteiger charge is 2.24. The molecule has 0 atom stereocenters. The Hall–Kier alpha value is -0.870. The Morgan fingerprint density at radius 1 is 1.33 bits per heavy atom. The maximum absolute atomic E-state index is 9.52. The van der Waals surface area contributed by atoms with Gasteiger partial charge in [0, 0.05) is 31.7 Å². The summed E-state index contributed by atoms with van der Waals surface area (Å²) in [6.07, 6.45) is 2.00. The molecule has 0 amide bonds. The molecule has 0 saturated heterocycles. The normalized spacial score (nSPS) is 12.1. The predicted octanol–water partition coefficient (Wildman–Crippen LogP) is 2.10. The van der Waals surface area contributed by atoms with Crippen molar-refractivity contribution in [3.05, 3.63) is 17.5 Å². The average molecular weight is 253 g/mol. The van der Waals surface area contributed by atoms with Crippen molar-refractivity contribution in [2.24, 2.45) is 5.41 Å². The van der Waals surface area contributed by atoms with Crippen LogP contribution in [0, 0.1) is 12.3 Å². The van der Waals surface area contributed by atoms with Crippen LogP contribution < -0.4 is 5.32 Å². The average Bonchev–Trinajstić information content (AvgIpc) is 2.75. The van der Waals surface area contributed by atoms with Crippen molar-refractivity contribution in [3.63, 3.8) is 0 Å². The molecule has 0 bridgehead atoms. The Kier molecular flexibility index (Phi) is 5.82. The fourth-order valence-electron chi connectivity index (χ4n) is 2.25. The highest BCUT2D eigenvalue weighted by molar-refractivity contribution is 5.08. The van der Waals surface area contributed by atoms with E-state index in [4.69, 9.17) is 0 Å². The fraction of sp³-hybridized carbons (Fsp3) is 0.786. The number of rotatable bonds is 8. The van der Waals surface area contributed by atoms with Gasteiger partial charge in [0.15, 0.2) is 0 Å². The van der Waals surface area contributed by atoms with Crippen molar-refractivity contribution >= 4 is 0 Å². The van der Waals surface area contributed by atoms with E-state index in [0.29, 0.717) is 0 Å². The minimum absolute atomic E-state index is 0.0200. The van der Waals surface area contributed by atoms with Crippen LogP contribution in [-0.2, 0) is 13.1 Å². The third-order valence-electron chi connectivity index (χ3n) is 3.93. The lowest BCUT2D eigenvalue weighted by molar-refractivity contribution is 0.112. The largest absolute Gasteiger partial charge is 0.396 e. The van der Waals surface area contributed by atoms with Gasteiger partial charge < -0.3 is 10.4 Å².